The standard InChI is InChI=1S/C24H29NO5/c1-27-19-5-7-21-20(14-19)18(15-30-21)13-24(26)25-10-8-16(9-11-25)17-4-6-22(28-2)23(12-17)29-3/h4-7,12,14,16,18H,8-11,13,15H2,1-3H3. The van der Waals surface area contributed by atoms with Crippen molar-refractivity contribution in [1.82, 2.24) is 4.90 Å². The average Bonchev–Trinajstić information content (AvgIpc) is 3.20. The second-order valence-electron chi connectivity index (χ2n) is 7.89. The van der Waals surface area contributed by atoms with E-state index < -0.39 is 0 Å². The largest absolute Gasteiger partial charge is 0.497 e. The van der Waals surface area contributed by atoms with Crippen molar-refractivity contribution in [2.24, 2.45) is 0 Å². The van der Waals surface area contributed by atoms with Crippen molar-refractivity contribution < 1.29 is 23.7 Å². The summed E-state index contributed by atoms with van der Waals surface area (Å²) in [4.78, 5) is 14.9. The van der Waals surface area contributed by atoms with Crippen LogP contribution >= 0.6 is 0 Å². The number of rotatable bonds is 6. The number of carbonyl (C=O) groups is 1. The normalized spacial score (nSPS) is 18.5. The maximum Gasteiger partial charge on any atom is 0.223 e. The van der Waals surface area contributed by atoms with Gasteiger partial charge in [0.25, 0.3) is 0 Å². The van der Waals surface area contributed by atoms with E-state index in [9.17, 15) is 4.79 Å². The van der Waals surface area contributed by atoms with Crippen molar-refractivity contribution in [3.8, 4) is 23.0 Å². The Kier molecular flexibility index (Phi) is 6.02. The fourth-order valence-corrected chi connectivity index (χ4v) is 4.46. The quantitative estimate of drug-likeness (QED) is 0.720. The lowest BCUT2D eigenvalue weighted by Gasteiger charge is -2.33. The van der Waals surface area contributed by atoms with Gasteiger partial charge in [0, 0.05) is 31.0 Å². The summed E-state index contributed by atoms with van der Waals surface area (Å²) in [6.45, 7) is 2.10. The van der Waals surface area contributed by atoms with Crippen molar-refractivity contribution in [3.05, 3.63) is 47.5 Å². The number of methoxy groups -OCH3 is 3. The molecule has 1 atom stereocenters. The van der Waals surface area contributed by atoms with E-state index in [0.29, 0.717) is 18.9 Å². The molecule has 1 saturated heterocycles. The predicted molar refractivity (Wildman–Crippen MR) is 114 cm³/mol. The van der Waals surface area contributed by atoms with Crippen molar-refractivity contribution in [2.75, 3.05) is 41.0 Å². The van der Waals surface area contributed by atoms with Crippen LogP contribution in [0.4, 0.5) is 0 Å². The van der Waals surface area contributed by atoms with Gasteiger partial charge >= 0.3 is 0 Å². The van der Waals surface area contributed by atoms with Gasteiger partial charge in [0.2, 0.25) is 5.91 Å². The third-order valence-electron chi connectivity index (χ3n) is 6.24. The Balaban J connectivity index is 1.36. The van der Waals surface area contributed by atoms with Crippen LogP contribution in [-0.4, -0.2) is 51.8 Å². The minimum Gasteiger partial charge on any atom is -0.497 e. The fraction of sp³-hybridized carbons (Fsp3) is 0.458. The number of nitrogens with zero attached hydrogens (tertiary/aromatic N) is 1. The molecule has 0 spiro atoms. The van der Waals surface area contributed by atoms with Gasteiger partial charge in [-0.1, -0.05) is 6.07 Å². The first kappa shape index (κ1) is 20.4. The Morgan fingerprint density at radius 2 is 1.77 bits per heavy atom. The Morgan fingerprint density at radius 3 is 2.47 bits per heavy atom. The Bertz CT molecular complexity index is 904. The maximum absolute atomic E-state index is 12.9. The number of fused-ring (bicyclic) bond motifs is 1. The monoisotopic (exact) mass is 411 g/mol. The molecule has 0 saturated carbocycles. The van der Waals surface area contributed by atoms with E-state index in [0.717, 1.165) is 54.5 Å². The zero-order chi connectivity index (χ0) is 21.1. The highest BCUT2D eigenvalue weighted by atomic mass is 16.5. The van der Waals surface area contributed by atoms with Gasteiger partial charge in [-0.05, 0) is 54.7 Å². The van der Waals surface area contributed by atoms with Crippen LogP contribution in [0.2, 0.25) is 0 Å². The van der Waals surface area contributed by atoms with Crippen LogP contribution in [0.3, 0.4) is 0 Å². The molecule has 0 radical (unpaired) electrons. The van der Waals surface area contributed by atoms with Gasteiger partial charge in [-0.25, -0.2) is 0 Å². The number of carbonyl (C=O) groups excluding carboxylic acids is 1. The van der Waals surface area contributed by atoms with E-state index in [4.69, 9.17) is 18.9 Å². The minimum absolute atomic E-state index is 0.0890. The van der Waals surface area contributed by atoms with Crippen LogP contribution in [0.1, 0.15) is 42.2 Å². The van der Waals surface area contributed by atoms with Gasteiger partial charge in [-0.2, -0.15) is 0 Å². The number of ether oxygens (including phenoxy) is 4. The predicted octanol–water partition coefficient (Wildman–Crippen LogP) is 3.98. The van der Waals surface area contributed by atoms with Crippen LogP contribution in [0.25, 0.3) is 0 Å². The summed E-state index contributed by atoms with van der Waals surface area (Å²) < 4.78 is 21.9. The molecule has 1 fully saturated rings. The van der Waals surface area contributed by atoms with E-state index in [1.54, 1.807) is 21.3 Å². The van der Waals surface area contributed by atoms with Crippen LogP contribution in [0.15, 0.2) is 36.4 Å². The summed E-state index contributed by atoms with van der Waals surface area (Å²) in [5.74, 6) is 3.87. The molecule has 1 amide bonds. The molecule has 2 aliphatic heterocycles. The highest BCUT2D eigenvalue weighted by Gasteiger charge is 2.30. The first-order chi connectivity index (χ1) is 14.6. The number of benzene rings is 2. The molecule has 6 heteroatoms. The summed E-state index contributed by atoms with van der Waals surface area (Å²) in [5, 5.41) is 0. The number of piperidine rings is 1. The van der Waals surface area contributed by atoms with E-state index in [2.05, 4.69) is 12.1 Å². The first-order valence-electron chi connectivity index (χ1n) is 10.4. The summed E-state index contributed by atoms with van der Waals surface area (Å²) in [5.41, 5.74) is 2.31. The molecule has 0 aliphatic carbocycles. The van der Waals surface area contributed by atoms with E-state index in [1.807, 2.05) is 29.2 Å². The molecule has 0 N–H and O–H groups in total. The molecule has 2 heterocycles. The zero-order valence-electron chi connectivity index (χ0n) is 17.8. The van der Waals surface area contributed by atoms with Gasteiger partial charge in [0.15, 0.2) is 11.5 Å². The van der Waals surface area contributed by atoms with Crippen LogP contribution in [0.5, 0.6) is 23.0 Å². The van der Waals surface area contributed by atoms with E-state index in [1.165, 1.54) is 5.56 Å². The fourth-order valence-electron chi connectivity index (χ4n) is 4.46. The Hall–Kier alpha value is -2.89. The Labute approximate surface area is 177 Å². The van der Waals surface area contributed by atoms with Crippen LogP contribution < -0.4 is 18.9 Å². The lowest BCUT2D eigenvalue weighted by molar-refractivity contribution is -0.132. The second-order valence-corrected chi connectivity index (χ2v) is 7.89. The molecule has 0 aromatic heterocycles. The topological polar surface area (TPSA) is 57.2 Å². The number of hydrogen-bond donors (Lipinski definition) is 0. The molecule has 0 bridgehead atoms. The summed E-state index contributed by atoms with van der Waals surface area (Å²) in [6.07, 6.45) is 2.38. The van der Waals surface area contributed by atoms with E-state index in [-0.39, 0.29) is 11.8 Å². The van der Waals surface area contributed by atoms with Gasteiger partial charge in [-0.15, -0.1) is 0 Å². The lowest BCUT2D eigenvalue weighted by atomic mass is 9.88. The zero-order valence-corrected chi connectivity index (χ0v) is 17.8. The molecule has 4 rings (SSSR count). The van der Waals surface area contributed by atoms with Crippen molar-refractivity contribution in [1.29, 1.82) is 0 Å². The summed E-state index contributed by atoms with van der Waals surface area (Å²) >= 11 is 0. The minimum atomic E-state index is 0.0890. The molecule has 1 unspecified atom stereocenters. The number of amides is 1. The van der Waals surface area contributed by atoms with Crippen molar-refractivity contribution >= 4 is 5.91 Å². The lowest BCUT2D eigenvalue weighted by Crippen LogP contribution is -2.38. The summed E-state index contributed by atoms with van der Waals surface area (Å²) in [7, 11) is 4.95. The Morgan fingerprint density at radius 1 is 1.00 bits per heavy atom. The third kappa shape index (κ3) is 4.04. The van der Waals surface area contributed by atoms with Crippen molar-refractivity contribution in [3.63, 3.8) is 0 Å². The third-order valence-corrected chi connectivity index (χ3v) is 6.24. The molecule has 6 nitrogen and oxygen atoms in total. The molecule has 2 aromatic carbocycles. The van der Waals surface area contributed by atoms with Gasteiger partial charge in [-0.3, -0.25) is 4.79 Å². The maximum atomic E-state index is 12.9. The number of likely N-dealkylation sites (tertiary alicyclic amines) is 1. The highest BCUT2D eigenvalue weighted by Crippen LogP contribution is 2.39. The molecule has 30 heavy (non-hydrogen) atoms. The van der Waals surface area contributed by atoms with Gasteiger partial charge in [0.05, 0.1) is 27.9 Å². The molecule has 2 aliphatic rings. The SMILES string of the molecule is COc1ccc2c(c1)C(CC(=O)N1CCC(c3ccc(OC)c(OC)c3)CC1)CO2. The van der Waals surface area contributed by atoms with Crippen LogP contribution in [-0.2, 0) is 4.79 Å². The van der Waals surface area contributed by atoms with Crippen molar-refractivity contribution in [2.45, 2.75) is 31.1 Å². The summed E-state index contributed by atoms with van der Waals surface area (Å²) in [6, 6.07) is 11.9. The van der Waals surface area contributed by atoms with E-state index >= 15 is 0 Å². The average molecular weight is 411 g/mol. The second kappa shape index (κ2) is 8.86. The molecule has 2 aromatic rings. The first-order valence-corrected chi connectivity index (χ1v) is 10.4. The van der Waals surface area contributed by atoms with Crippen LogP contribution in [0, 0.1) is 0 Å². The molecular formula is C24H29NO5. The smallest absolute Gasteiger partial charge is 0.223 e. The highest BCUT2D eigenvalue weighted by molar-refractivity contribution is 5.77. The van der Waals surface area contributed by atoms with Gasteiger partial charge in [0.1, 0.15) is 11.5 Å². The van der Waals surface area contributed by atoms with Gasteiger partial charge < -0.3 is 23.8 Å². The number of hydrogen-bond acceptors (Lipinski definition) is 5. The molecular weight excluding hydrogens is 382 g/mol. The molecule has 160 valence electrons.